The Morgan fingerprint density at radius 2 is 1.66 bits per heavy atom. The fourth-order valence-electron chi connectivity index (χ4n) is 3.32. The molecule has 32 heavy (non-hydrogen) atoms. The van der Waals surface area contributed by atoms with Gasteiger partial charge in [0.2, 0.25) is 0 Å². The molecule has 1 aromatic heterocycles. The van der Waals surface area contributed by atoms with Gasteiger partial charge in [0, 0.05) is 5.39 Å². The Hall–Kier alpha value is -3.68. The number of methoxy groups -OCH3 is 1. The van der Waals surface area contributed by atoms with E-state index in [1.807, 2.05) is 75.4 Å². The highest BCUT2D eigenvalue weighted by Gasteiger charge is 2.24. The van der Waals surface area contributed by atoms with Gasteiger partial charge in [0.05, 0.1) is 25.2 Å². The van der Waals surface area contributed by atoms with Crippen molar-refractivity contribution in [1.29, 1.82) is 0 Å². The molecule has 2 amide bonds. The molecule has 0 fully saturated rings. The monoisotopic (exact) mass is 435 g/mol. The van der Waals surface area contributed by atoms with Gasteiger partial charge in [-0.1, -0.05) is 56.3 Å². The van der Waals surface area contributed by atoms with Gasteiger partial charge in [0.15, 0.2) is 5.82 Å². The van der Waals surface area contributed by atoms with E-state index < -0.39 is 6.04 Å². The molecule has 2 atom stereocenters. The number of fused-ring (bicyclic) bond motifs is 1. The van der Waals surface area contributed by atoms with E-state index in [4.69, 9.17) is 4.74 Å². The number of aromatic nitrogens is 2. The van der Waals surface area contributed by atoms with Gasteiger partial charge in [-0.25, -0.2) is 19.6 Å². The van der Waals surface area contributed by atoms with Crippen molar-refractivity contribution in [2.45, 2.75) is 39.4 Å². The molecule has 0 aliphatic rings. The van der Waals surface area contributed by atoms with Gasteiger partial charge in [-0.15, -0.1) is 0 Å². The van der Waals surface area contributed by atoms with Crippen LogP contribution >= 0.6 is 0 Å². The number of carbonyl (C=O) groups excluding carboxylic acids is 2. The lowest BCUT2D eigenvalue weighted by molar-refractivity contribution is -0.142. The molecule has 1 heterocycles. The van der Waals surface area contributed by atoms with Crippen LogP contribution in [0.3, 0.4) is 0 Å². The van der Waals surface area contributed by atoms with E-state index in [0.29, 0.717) is 17.2 Å². The summed E-state index contributed by atoms with van der Waals surface area (Å²) in [5.74, 6) is 0.579. The fraction of sp³-hybridized carbons (Fsp3) is 0.333. The Morgan fingerprint density at radius 1 is 0.969 bits per heavy atom. The predicted octanol–water partition coefficient (Wildman–Crippen LogP) is 3.80. The van der Waals surface area contributed by atoms with Crippen molar-refractivity contribution in [3.05, 3.63) is 66.0 Å². The number of rotatable bonds is 8. The van der Waals surface area contributed by atoms with E-state index in [1.54, 1.807) is 0 Å². The number of carbonyl (C=O) groups is 2. The second-order valence-electron chi connectivity index (χ2n) is 7.85. The van der Waals surface area contributed by atoms with Crippen LogP contribution in [0.25, 0.3) is 10.9 Å². The number of nitrogens with zero attached hydrogens (tertiary/aromatic N) is 2. The summed E-state index contributed by atoms with van der Waals surface area (Å²) in [5, 5.41) is 9.70. The lowest BCUT2D eigenvalue weighted by Crippen LogP contribution is -2.37. The van der Waals surface area contributed by atoms with Gasteiger partial charge < -0.3 is 20.7 Å². The molecule has 0 unspecified atom stereocenters. The summed E-state index contributed by atoms with van der Waals surface area (Å²) in [5.41, 5.74) is 1.73. The summed E-state index contributed by atoms with van der Waals surface area (Å²) < 4.78 is 4.93. The van der Waals surface area contributed by atoms with E-state index in [2.05, 4.69) is 25.9 Å². The van der Waals surface area contributed by atoms with Gasteiger partial charge in [-0.3, -0.25) is 0 Å². The average Bonchev–Trinajstić information content (AvgIpc) is 2.80. The summed E-state index contributed by atoms with van der Waals surface area (Å²) in [6.07, 6.45) is 0. The minimum absolute atomic E-state index is 0.0111. The summed E-state index contributed by atoms with van der Waals surface area (Å²) in [7, 11) is 1.36. The van der Waals surface area contributed by atoms with E-state index in [9.17, 15) is 9.59 Å². The maximum absolute atomic E-state index is 12.4. The van der Waals surface area contributed by atoms with Crippen LogP contribution in [-0.4, -0.2) is 35.1 Å². The number of nitrogens with one attached hydrogen (secondary N) is 3. The summed E-state index contributed by atoms with van der Waals surface area (Å²) in [6, 6.07) is 16.2. The largest absolute Gasteiger partial charge is 0.467 e. The Balaban J connectivity index is 1.75. The first-order valence-corrected chi connectivity index (χ1v) is 10.6. The van der Waals surface area contributed by atoms with Crippen LogP contribution < -0.4 is 16.0 Å². The van der Waals surface area contributed by atoms with Crippen molar-refractivity contribution >= 4 is 28.7 Å². The van der Waals surface area contributed by atoms with E-state index in [0.717, 1.165) is 10.9 Å². The van der Waals surface area contributed by atoms with Crippen LogP contribution in [0.4, 0.5) is 10.6 Å². The Bertz CT molecular complexity index is 1070. The predicted molar refractivity (Wildman–Crippen MR) is 124 cm³/mol. The average molecular weight is 436 g/mol. The molecule has 0 saturated carbocycles. The first-order valence-electron chi connectivity index (χ1n) is 10.6. The molecule has 0 aliphatic carbocycles. The van der Waals surface area contributed by atoms with Crippen LogP contribution in [0.2, 0.25) is 0 Å². The number of hydrogen-bond acceptors (Lipinski definition) is 6. The van der Waals surface area contributed by atoms with Crippen LogP contribution in [0.1, 0.15) is 38.2 Å². The third-order valence-electron chi connectivity index (χ3n) is 5.12. The van der Waals surface area contributed by atoms with Crippen LogP contribution in [0.15, 0.2) is 54.6 Å². The van der Waals surface area contributed by atoms with Crippen LogP contribution in [0.5, 0.6) is 0 Å². The maximum Gasteiger partial charge on any atom is 0.328 e. The second-order valence-corrected chi connectivity index (χ2v) is 7.85. The third-order valence-corrected chi connectivity index (χ3v) is 5.12. The number of esters is 1. The van der Waals surface area contributed by atoms with Crippen molar-refractivity contribution in [3.63, 3.8) is 0 Å². The molecule has 2 aromatic carbocycles. The number of para-hydroxylation sites is 1. The Labute approximate surface area is 187 Å². The normalized spacial score (nSPS) is 12.8. The van der Waals surface area contributed by atoms with Gasteiger partial charge in [-0.2, -0.15) is 0 Å². The summed E-state index contributed by atoms with van der Waals surface area (Å²) in [6.45, 7) is 5.91. The number of amides is 2. The fourth-order valence-corrected chi connectivity index (χ4v) is 3.32. The first kappa shape index (κ1) is 23.0. The van der Waals surface area contributed by atoms with E-state index in [1.165, 1.54) is 7.11 Å². The lowest BCUT2D eigenvalue weighted by Gasteiger charge is -2.21. The molecule has 0 radical (unpaired) electrons. The molecule has 8 nitrogen and oxygen atoms in total. The zero-order chi connectivity index (χ0) is 23.1. The molecular weight excluding hydrogens is 406 g/mol. The number of hydrogen-bond donors (Lipinski definition) is 3. The number of urea groups is 1. The number of benzene rings is 2. The summed E-state index contributed by atoms with van der Waals surface area (Å²) >= 11 is 0. The highest BCUT2D eigenvalue weighted by Crippen LogP contribution is 2.22. The lowest BCUT2D eigenvalue weighted by atomic mass is 10.0. The molecule has 0 saturated heterocycles. The van der Waals surface area contributed by atoms with Crippen molar-refractivity contribution in [3.8, 4) is 0 Å². The molecule has 3 N–H and O–H groups in total. The van der Waals surface area contributed by atoms with Gasteiger partial charge in [0.25, 0.3) is 0 Å². The molecule has 168 valence electrons. The van der Waals surface area contributed by atoms with E-state index >= 15 is 0 Å². The molecule has 8 heteroatoms. The topological polar surface area (TPSA) is 105 Å². The molecule has 3 rings (SSSR count). The molecule has 0 spiro atoms. The highest BCUT2D eigenvalue weighted by molar-refractivity contribution is 5.91. The number of anilines is 1. The highest BCUT2D eigenvalue weighted by atomic mass is 16.5. The van der Waals surface area contributed by atoms with Gasteiger partial charge >= 0.3 is 12.0 Å². The number of ether oxygens (including phenoxy) is 1. The zero-order valence-corrected chi connectivity index (χ0v) is 18.8. The molecule has 0 aliphatic heterocycles. The molecular formula is C24H29N5O3. The Morgan fingerprint density at radius 3 is 2.34 bits per heavy atom. The quantitative estimate of drug-likeness (QED) is 0.465. The van der Waals surface area contributed by atoms with Gasteiger partial charge in [-0.05, 0) is 30.5 Å². The van der Waals surface area contributed by atoms with Crippen molar-refractivity contribution in [1.82, 2.24) is 20.6 Å². The standard InChI is InChI=1S/C24H29N5O3/c1-15(2)21(23(30)32-4)29-22-18-12-8-9-13-19(18)27-20(28-22)14-25-24(31)26-16(3)17-10-6-5-7-11-17/h5-13,15-16,21H,14H2,1-4H3,(H2,25,26,31)(H,27,28,29)/t16-,21-/m0/s1. The minimum Gasteiger partial charge on any atom is -0.467 e. The van der Waals surface area contributed by atoms with E-state index in [-0.39, 0.29) is 30.5 Å². The molecule has 3 aromatic rings. The maximum atomic E-state index is 12.4. The molecule has 0 bridgehead atoms. The van der Waals surface area contributed by atoms with Crippen LogP contribution in [-0.2, 0) is 16.1 Å². The minimum atomic E-state index is -0.561. The first-order chi connectivity index (χ1) is 15.4. The van der Waals surface area contributed by atoms with Crippen molar-refractivity contribution in [2.75, 3.05) is 12.4 Å². The van der Waals surface area contributed by atoms with Crippen molar-refractivity contribution < 1.29 is 14.3 Å². The SMILES string of the molecule is COC(=O)[C@@H](Nc1nc(CNC(=O)N[C@@H](C)c2ccccc2)nc2ccccc12)C(C)C. The Kier molecular flexibility index (Phi) is 7.59. The van der Waals surface area contributed by atoms with Gasteiger partial charge in [0.1, 0.15) is 11.9 Å². The smallest absolute Gasteiger partial charge is 0.328 e. The van der Waals surface area contributed by atoms with Crippen molar-refractivity contribution in [2.24, 2.45) is 5.92 Å². The zero-order valence-electron chi connectivity index (χ0n) is 18.8. The summed E-state index contributed by atoms with van der Waals surface area (Å²) in [4.78, 5) is 33.7. The third kappa shape index (κ3) is 5.72. The second kappa shape index (κ2) is 10.6. The van der Waals surface area contributed by atoms with Crippen LogP contribution in [0, 0.1) is 5.92 Å².